The molecule has 4 rings (SSSR count). The zero-order valence-corrected chi connectivity index (χ0v) is 14.8. The summed E-state index contributed by atoms with van der Waals surface area (Å²) in [7, 11) is 1.61. The first kappa shape index (κ1) is 16.6. The molecule has 4 heterocycles. The van der Waals surface area contributed by atoms with E-state index in [1.165, 1.54) is 0 Å². The molecule has 0 fully saturated rings. The number of hydrogen-bond donors (Lipinski definition) is 2. The maximum Gasteiger partial charge on any atom is 0.154 e. The number of nitrogens with one attached hydrogen (secondary N) is 2. The Morgan fingerprint density at radius 1 is 0.852 bits per heavy atom. The summed E-state index contributed by atoms with van der Waals surface area (Å²) in [5.41, 5.74) is 4.18. The lowest BCUT2D eigenvalue weighted by molar-refractivity contribution is 0.413. The van der Waals surface area contributed by atoms with Crippen molar-refractivity contribution in [1.82, 2.24) is 25.1 Å². The Kier molecular flexibility index (Phi) is 4.44. The molecule has 2 N–H and O–H groups in total. The van der Waals surface area contributed by atoms with Crippen LogP contribution in [0.1, 0.15) is 5.56 Å². The van der Waals surface area contributed by atoms with Crippen molar-refractivity contribution in [3.63, 3.8) is 0 Å². The van der Waals surface area contributed by atoms with Gasteiger partial charge >= 0.3 is 0 Å². The fourth-order valence-electron chi connectivity index (χ4n) is 2.57. The van der Waals surface area contributed by atoms with E-state index in [9.17, 15) is 0 Å². The van der Waals surface area contributed by atoms with Crippen LogP contribution in [0.4, 0.5) is 23.0 Å². The first-order valence-electron chi connectivity index (χ1n) is 8.29. The molecule has 8 heteroatoms. The van der Waals surface area contributed by atoms with E-state index in [4.69, 9.17) is 4.74 Å². The molecule has 8 nitrogen and oxygen atoms in total. The van der Waals surface area contributed by atoms with Crippen LogP contribution < -0.4 is 15.4 Å². The first-order chi connectivity index (χ1) is 13.2. The number of ether oxygens (including phenoxy) is 1. The van der Waals surface area contributed by atoms with Crippen LogP contribution in [0.25, 0.3) is 11.0 Å². The molecule has 4 aromatic heterocycles. The zero-order valence-electron chi connectivity index (χ0n) is 14.8. The van der Waals surface area contributed by atoms with Gasteiger partial charge in [0.2, 0.25) is 0 Å². The minimum Gasteiger partial charge on any atom is -0.495 e. The molecule has 0 atom stereocenters. The third kappa shape index (κ3) is 3.90. The normalized spacial score (nSPS) is 10.6. The van der Waals surface area contributed by atoms with Gasteiger partial charge in [-0.2, -0.15) is 5.10 Å². The van der Waals surface area contributed by atoms with E-state index in [1.54, 1.807) is 31.9 Å². The van der Waals surface area contributed by atoms with E-state index in [0.29, 0.717) is 17.4 Å². The monoisotopic (exact) mass is 359 g/mol. The van der Waals surface area contributed by atoms with E-state index in [2.05, 4.69) is 35.8 Å². The standard InChI is InChI=1S/C19H17N7O/c1-12-5-19(26-22-8-12)25-18-4-3-16-17(24-18)7-14(10-21-16)23-13-6-15(27-2)11-20-9-13/h3-11,23H,1-2H3,(H,24,25,26). The molecule has 0 radical (unpaired) electrons. The van der Waals surface area contributed by atoms with Crippen LogP contribution in [0.2, 0.25) is 0 Å². The quantitative estimate of drug-likeness (QED) is 0.557. The summed E-state index contributed by atoms with van der Waals surface area (Å²) >= 11 is 0. The summed E-state index contributed by atoms with van der Waals surface area (Å²) in [6, 6.07) is 9.46. The van der Waals surface area contributed by atoms with E-state index < -0.39 is 0 Å². The third-order valence-corrected chi connectivity index (χ3v) is 3.82. The van der Waals surface area contributed by atoms with Gasteiger partial charge in [0.05, 0.1) is 54.3 Å². The second-order valence-electron chi connectivity index (χ2n) is 5.94. The van der Waals surface area contributed by atoms with Crippen LogP contribution in [0.5, 0.6) is 5.75 Å². The van der Waals surface area contributed by atoms with Crippen molar-refractivity contribution in [1.29, 1.82) is 0 Å². The molecule has 0 bridgehead atoms. The molecule has 4 aromatic rings. The number of anilines is 4. The van der Waals surface area contributed by atoms with Gasteiger partial charge in [-0.25, -0.2) is 4.98 Å². The molecule has 134 valence electrons. The van der Waals surface area contributed by atoms with Gasteiger partial charge in [0.25, 0.3) is 0 Å². The van der Waals surface area contributed by atoms with Crippen LogP contribution in [0.3, 0.4) is 0 Å². The van der Waals surface area contributed by atoms with Crippen molar-refractivity contribution >= 4 is 34.0 Å². The van der Waals surface area contributed by atoms with Gasteiger partial charge in [0, 0.05) is 6.07 Å². The van der Waals surface area contributed by atoms with Gasteiger partial charge in [0.1, 0.15) is 11.6 Å². The zero-order chi connectivity index (χ0) is 18.6. The smallest absolute Gasteiger partial charge is 0.154 e. The Morgan fingerprint density at radius 2 is 1.74 bits per heavy atom. The third-order valence-electron chi connectivity index (χ3n) is 3.82. The summed E-state index contributed by atoms with van der Waals surface area (Å²) in [5, 5.41) is 14.4. The number of rotatable bonds is 5. The molecule has 0 aliphatic heterocycles. The molecule has 0 saturated carbocycles. The Hall–Kier alpha value is -3.81. The molecule has 0 aromatic carbocycles. The number of fused-ring (bicyclic) bond motifs is 1. The van der Waals surface area contributed by atoms with Gasteiger partial charge < -0.3 is 15.4 Å². The molecule has 0 spiro atoms. The van der Waals surface area contributed by atoms with Crippen molar-refractivity contribution in [2.45, 2.75) is 6.92 Å². The van der Waals surface area contributed by atoms with Gasteiger partial charge in [-0.05, 0) is 36.8 Å². The van der Waals surface area contributed by atoms with Crippen LogP contribution in [-0.2, 0) is 0 Å². The van der Waals surface area contributed by atoms with Crippen molar-refractivity contribution in [2.75, 3.05) is 17.7 Å². The van der Waals surface area contributed by atoms with Gasteiger partial charge in [0.15, 0.2) is 5.82 Å². The van der Waals surface area contributed by atoms with Gasteiger partial charge in [-0.3, -0.25) is 9.97 Å². The Labute approximate surface area is 155 Å². The molecule has 0 aliphatic rings. The second-order valence-corrected chi connectivity index (χ2v) is 5.94. The van der Waals surface area contributed by atoms with Crippen LogP contribution in [-0.4, -0.2) is 32.3 Å². The minimum atomic E-state index is 0.645. The highest BCUT2D eigenvalue weighted by Gasteiger charge is 2.04. The fourth-order valence-corrected chi connectivity index (χ4v) is 2.57. The molecular weight excluding hydrogens is 342 g/mol. The number of aryl methyl sites for hydroxylation is 1. The number of methoxy groups -OCH3 is 1. The number of nitrogens with zero attached hydrogens (tertiary/aromatic N) is 5. The highest BCUT2D eigenvalue weighted by molar-refractivity contribution is 5.80. The van der Waals surface area contributed by atoms with E-state index in [-0.39, 0.29) is 0 Å². The molecule has 0 saturated heterocycles. The van der Waals surface area contributed by atoms with Gasteiger partial charge in [-0.15, -0.1) is 5.10 Å². The summed E-state index contributed by atoms with van der Waals surface area (Å²) in [5.74, 6) is 1.99. The van der Waals surface area contributed by atoms with Crippen LogP contribution in [0.15, 0.2) is 55.1 Å². The summed E-state index contributed by atoms with van der Waals surface area (Å²) in [6.45, 7) is 1.96. The average molecular weight is 359 g/mol. The first-order valence-corrected chi connectivity index (χ1v) is 8.29. The van der Waals surface area contributed by atoms with Crippen LogP contribution in [0, 0.1) is 6.92 Å². The molecule has 0 amide bonds. The lowest BCUT2D eigenvalue weighted by Crippen LogP contribution is -1.99. The van der Waals surface area contributed by atoms with E-state index in [0.717, 1.165) is 28.0 Å². The fraction of sp³-hybridized carbons (Fsp3) is 0.105. The maximum atomic E-state index is 5.19. The Bertz CT molecular complexity index is 1100. The largest absolute Gasteiger partial charge is 0.495 e. The number of hydrogen-bond acceptors (Lipinski definition) is 8. The SMILES string of the molecule is COc1cncc(Nc2cnc3ccc(Nc4cc(C)cnn4)nc3c2)c1. The Balaban J connectivity index is 1.60. The average Bonchev–Trinajstić information content (AvgIpc) is 2.68. The van der Waals surface area contributed by atoms with Crippen LogP contribution >= 0.6 is 0 Å². The number of pyridine rings is 3. The van der Waals surface area contributed by atoms with E-state index in [1.807, 2.05) is 37.3 Å². The van der Waals surface area contributed by atoms with Crippen molar-refractivity contribution < 1.29 is 4.74 Å². The lowest BCUT2D eigenvalue weighted by Gasteiger charge is -2.09. The summed E-state index contributed by atoms with van der Waals surface area (Å²) in [4.78, 5) is 13.2. The minimum absolute atomic E-state index is 0.645. The summed E-state index contributed by atoms with van der Waals surface area (Å²) < 4.78 is 5.19. The molecule has 0 unspecified atom stereocenters. The molecular formula is C19H17N7O. The molecule has 27 heavy (non-hydrogen) atoms. The van der Waals surface area contributed by atoms with Gasteiger partial charge in [-0.1, -0.05) is 0 Å². The summed E-state index contributed by atoms with van der Waals surface area (Å²) in [6.07, 6.45) is 6.82. The van der Waals surface area contributed by atoms with Crippen molar-refractivity contribution in [2.24, 2.45) is 0 Å². The highest BCUT2D eigenvalue weighted by Crippen LogP contribution is 2.23. The molecule has 0 aliphatic carbocycles. The predicted octanol–water partition coefficient (Wildman–Crippen LogP) is 3.62. The van der Waals surface area contributed by atoms with Crippen molar-refractivity contribution in [3.8, 4) is 5.75 Å². The highest BCUT2D eigenvalue weighted by atomic mass is 16.5. The lowest BCUT2D eigenvalue weighted by atomic mass is 10.3. The maximum absolute atomic E-state index is 5.19. The van der Waals surface area contributed by atoms with E-state index >= 15 is 0 Å². The Morgan fingerprint density at radius 3 is 2.59 bits per heavy atom. The predicted molar refractivity (Wildman–Crippen MR) is 104 cm³/mol. The second kappa shape index (κ2) is 7.20. The number of aromatic nitrogens is 5. The van der Waals surface area contributed by atoms with Crippen molar-refractivity contribution in [3.05, 3.63) is 60.7 Å². The topological polar surface area (TPSA) is 97.7 Å².